The molecule has 3 aromatic rings. The standard InChI is InChI=1S/C17H17N3O2/c1-18-17-19(11-13-7-3-2-4-8-13)14-9-5-6-10-15(14)20(17)12-16(21)22/h2-10H,11-12H2,1H3,(H,21,22). The lowest BCUT2D eigenvalue weighted by molar-refractivity contribution is -0.137. The lowest BCUT2D eigenvalue weighted by Crippen LogP contribution is -2.28. The van der Waals surface area contributed by atoms with Crippen LogP contribution in [0.5, 0.6) is 0 Å². The van der Waals surface area contributed by atoms with Gasteiger partial charge in [-0.05, 0) is 17.7 Å². The number of rotatable bonds is 4. The zero-order valence-electron chi connectivity index (χ0n) is 12.3. The van der Waals surface area contributed by atoms with Crippen molar-refractivity contribution < 1.29 is 9.90 Å². The van der Waals surface area contributed by atoms with E-state index in [1.807, 2.05) is 47.0 Å². The van der Waals surface area contributed by atoms with Crippen LogP contribution in [0, 0.1) is 0 Å². The Balaban J connectivity index is 2.23. The molecule has 1 aromatic heterocycles. The first-order valence-corrected chi connectivity index (χ1v) is 7.07. The van der Waals surface area contributed by atoms with E-state index in [2.05, 4.69) is 17.1 Å². The van der Waals surface area contributed by atoms with E-state index in [1.165, 1.54) is 0 Å². The zero-order chi connectivity index (χ0) is 15.5. The van der Waals surface area contributed by atoms with E-state index in [1.54, 1.807) is 11.6 Å². The fourth-order valence-corrected chi connectivity index (χ4v) is 2.74. The number of aromatic nitrogens is 2. The summed E-state index contributed by atoms with van der Waals surface area (Å²) in [6.07, 6.45) is 0. The van der Waals surface area contributed by atoms with Gasteiger partial charge in [0.1, 0.15) is 6.54 Å². The van der Waals surface area contributed by atoms with Crippen molar-refractivity contribution in [3.05, 3.63) is 65.8 Å². The highest BCUT2D eigenvalue weighted by atomic mass is 16.4. The van der Waals surface area contributed by atoms with Crippen LogP contribution in [0.4, 0.5) is 0 Å². The molecular formula is C17H17N3O2. The predicted octanol–water partition coefficient (Wildman–Crippen LogP) is 2.11. The van der Waals surface area contributed by atoms with Crippen LogP contribution in [0.25, 0.3) is 11.0 Å². The molecule has 5 nitrogen and oxygen atoms in total. The normalized spacial score (nSPS) is 12.0. The highest BCUT2D eigenvalue weighted by Gasteiger charge is 2.13. The van der Waals surface area contributed by atoms with Gasteiger partial charge in [-0.1, -0.05) is 42.5 Å². The summed E-state index contributed by atoms with van der Waals surface area (Å²) in [5, 5.41) is 9.17. The SMILES string of the molecule is CN=c1n(CC(=O)O)c2ccccc2n1Cc1ccccc1. The lowest BCUT2D eigenvalue weighted by atomic mass is 10.2. The van der Waals surface area contributed by atoms with E-state index >= 15 is 0 Å². The second-order valence-electron chi connectivity index (χ2n) is 5.06. The van der Waals surface area contributed by atoms with Crippen molar-refractivity contribution in [1.82, 2.24) is 9.13 Å². The minimum absolute atomic E-state index is 0.102. The topological polar surface area (TPSA) is 59.5 Å². The Morgan fingerprint density at radius 1 is 1.00 bits per heavy atom. The summed E-state index contributed by atoms with van der Waals surface area (Å²) in [6.45, 7) is 0.551. The largest absolute Gasteiger partial charge is 0.480 e. The molecule has 0 saturated carbocycles. The van der Waals surface area contributed by atoms with Crippen molar-refractivity contribution in [2.75, 3.05) is 7.05 Å². The van der Waals surface area contributed by atoms with Crippen molar-refractivity contribution in [2.45, 2.75) is 13.1 Å². The predicted molar refractivity (Wildman–Crippen MR) is 84.6 cm³/mol. The third-order valence-corrected chi connectivity index (χ3v) is 3.62. The molecule has 112 valence electrons. The van der Waals surface area contributed by atoms with Gasteiger partial charge in [0.05, 0.1) is 17.6 Å². The molecule has 0 radical (unpaired) electrons. The van der Waals surface area contributed by atoms with Gasteiger partial charge >= 0.3 is 5.97 Å². The molecule has 0 aliphatic carbocycles. The number of benzene rings is 2. The smallest absolute Gasteiger partial charge is 0.323 e. The summed E-state index contributed by atoms with van der Waals surface area (Å²) in [7, 11) is 1.69. The number of para-hydroxylation sites is 2. The van der Waals surface area contributed by atoms with Gasteiger partial charge < -0.3 is 9.67 Å². The average Bonchev–Trinajstić information content (AvgIpc) is 2.81. The van der Waals surface area contributed by atoms with E-state index in [9.17, 15) is 9.90 Å². The molecule has 0 saturated heterocycles. The van der Waals surface area contributed by atoms with Crippen molar-refractivity contribution in [3.63, 3.8) is 0 Å². The van der Waals surface area contributed by atoms with E-state index in [0.717, 1.165) is 16.6 Å². The Labute approximate surface area is 127 Å². The maximum atomic E-state index is 11.2. The van der Waals surface area contributed by atoms with Crippen LogP contribution in [0.1, 0.15) is 5.56 Å². The molecule has 0 atom stereocenters. The van der Waals surface area contributed by atoms with Gasteiger partial charge in [-0.15, -0.1) is 0 Å². The van der Waals surface area contributed by atoms with Gasteiger partial charge in [0.2, 0.25) is 5.62 Å². The number of carboxylic acids is 1. The maximum Gasteiger partial charge on any atom is 0.323 e. The highest BCUT2D eigenvalue weighted by molar-refractivity contribution is 5.78. The monoisotopic (exact) mass is 295 g/mol. The van der Waals surface area contributed by atoms with Gasteiger partial charge in [-0.25, -0.2) is 0 Å². The summed E-state index contributed by atoms with van der Waals surface area (Å²) in [5.74, 6) is -0.877. The van der Waals surface area contributed by atoms with Crippen molar-refractivity contribution in [2.24, 2.45) is 4.99 Å². The minimum atomic E-state index is -0.877. The van der Waals surface area contributed by atoms with Gasteiger partial charge in [0.15, 0.2) is 0 Å². The van der Waals surface area contributed by atoms with Crippen molar-refractivity contribution in [3.8, 4) is 0 Å². The number of hydrogen-bond acceptors (Lipinski definition) is 2. The molecule has 0 aliphatic rings. The molecule has 0 spiro atoms. The van der Waals surface area contributed by atoms with Crippen LogP contribution in [-0.2, 0) is 17.9 Å². The molecule has 3 rings (SSSR count). The Hall–Kier alpha value is -2.82. The summed E-state index contributed by atoms with van der Waals surface area (Å²) in [4.78, 5) is 15.5. The third-order valence-electron chi connectivity index (χ3n) is 3.62. The molecule has 0 fully saturated rings. The van der Waals surface area contributed by atoms with Gasteiger partial charge in [-0.3, -0.25) is 14.4 Å². The highest BCUT2D eigenvalue weighted by Crippen LogP contribution is 2.14. The Morgan fingerprint density at radius 2 is 1.59 bits per heavy atom. The number of carboxylic acid groups (broad SMARTS) is 1. The zero-order valence-corrected chi connectivity index (χ0v) is 12.3. The molecule has 0 bridgehead atoms. The number of imidazole rings is 1. The Kier molecular flexibility index (Phi) is 3.78. The van der Waals surface area contributed by atoms with Gasteiger partial charge in [-0.2, -0.15) is 0 Å². The Morgan fingerprint density at radius 3 is 2.18 bits per heavy atom. The number of nitrogens with zero attached hydrogens (tertiary/aromatic N) is 3. The quantitative estimate of drug-likeness (QED) is 0.801. The molecule has 2 aromatic carbocycles. The van der Waals surface area contributed by atoms with Crippen LogP contribution in [0.2, 0.25) is 0 Å². The molecule has 0 aliphatic heterocycles. The van der Waals surface area contributed by atoms with Gasteiger partial charge in [0.25, 0.3) is 0 Å². The third kappa shape index (κ3) is 2.53. The first kappa shape index (κ1) is 14.1. The van der Waals surface area contributed by atoms with Crippen LogP contribution in [-0.4, -0.2) is 27.3 Å². The van der Waals surface area contributed by atoms with E-state index in [-0.39, 0.29) is 6.54 Å². The number of hydrogen-bond donors (Lipinski definition) is 1. The lowest BCUT2D eigenvalue weighted by Gasteiger charge is -2.05. The second-order valence-corrected chi connectivity index (χ2v) is 5.06. The van der Waals surface area contributed by atoms with Crippen molar-refractivity contribution >= 4 is 17.0 Å². The fraction of sp³-hybridized carbons (Fsp3) is 0.176. The summed E-state index contributed by atoms with van der Waals surface area (Å²) < 4.78 is 3.79. The molecule has 22 heavy (non-hydrogen) atoms. The number of aliphatic carboxylic acids is 1. The molecule has 1 heterocycles. The summed E-state index contributed by atoms with van der Waals surface area (Å²) in [5.41, 5.74) is 3.66. The molecule has 5 heteroatoms. The number of fused-ring (bicyclic) bond motifs is 1. The van der Waals surface area contributed by atoms with Crippen LogP contribution >= 0.6 is 0 Å². The van der Waals surface area contributed by atoms with E-state index in [0.29, 0.717) is 12.2 Å². The minimum Gasteiger partial charge on any atom is -0.480 e. The van der Waals surface area contributed by atoms with Crippen LogP contribution in [0.15, 0.2) is 59.6 Å². The van der Waals surface area contributed by atoms with Crippen molar-refractivity contribution in [1.29, 1.82) is 0 Å². The summed E-state index contributed by atoms with van der Waals surface area (Å²) in [6, 6.07) is 17.9. The van der Waals surface area contributed by atoms with Crippen LogP contribution in [0.3, 0.4) is 0 Å². The Bertz CT molecular complexity index is 876. The summed E-state index contributed by atoms with van der Waals surface area (Å²) >= 11 is 0. The first-order valence-electron chi connectivity index (χ1n) is 7.07. The average molecular weight is 295 g/mol. The number of carbonyl (C=O) groups is 1. The maximum absolute atomic E-state index is 11.2. The molecule has 1 N–H and O–H groups in total. The first-order chi connectivity index (χ1) is 10.7. The van der Waals surface area contributed by atoms with Gasteiger partial charge in [0, 0.05) is 7.05 Å². The van der Waals surface area contributed by atoms with E-state index in [4.69, 9.17) is 0 Å². The molecule has 0 amide bonds. The molecular weight excluding hydrogens is 278 g/mol. The fourth-order valence-electron chi connectivity index (χ4n) is 2.74. The van der Waals surface area contributed by atoms with Crippen LogP contribution < -0.4 is 5.62 Å². The second kappa shape index (κ2) is 5.89. The van der Waals surface area contributed by atoms with E-state index < -0.39 is 5.97 Å². The molecule has 0 unspecified atom stereocenters.